The average Bonchev–Trinajstić information content (AvgIpc) is 2.42. The van der Waals surface area contributed by atoms with Gasteiger partial charge in [-0.05, 0) is 0 Å². The Kier molecular flexibility index (Phi) is 4.67. The van der Waals surface area contributed by atoms with Crippen molar-refractivity contribution in [3.05, 3.63) is 0 Å². The number of alkyl halides is 2. The molecular formula is C12H16F2O6. The van der Waals surface area contributed by atoms with Crippen LogP contribution in [0, 0.1) is 5.92 Å². The molecule has 0 aromatic rings. The molecule has 20 heavy (non-hydrogen) atoms. The molecule has 0 bridgehead atoms. The van der Waals surface area contributed by atoms with Crippen molar-refractivity contribution >= 4 is 17.9 Å². The third kappa shape index (κ3) is 3.23. The van der Waals surface area contributed by atoms with Crippen molar-refractivity contribution in [2.45, 2.75) is 51.9 Å². The van der Waals surface area contributed by atoms with Crippen molar-refractivity contribution in [2.24, 2.45) is 5.92 Å². The summed E-state index contributed by atoms with van der Waals surface area (Å²) < 4.78 is 42.3. The molecule has 4 atom stereocenters. The van der Waals surface area contributed by atoms with E-state index in [0.717, 1.165) is 27.7 Å². The summed E-state index contributed by atoms with van der Waals surface area (Å²) in [5.41, 5.74) is 0. The number of halogens is 2. The molecule has 1 rings (SSSR count). The first-order valence-electron chi connectivity index (χ1n) is 5.96. The topological polar surface area (TPSA) is 78.9 Å². The maximum atomic E-state index is 14.1. The van der Waals surface area contributed by atoms with Gasteiger partial charge in [0.2, 0.25) is 6.10 Å². The van der Waals surface area contributed by atoms with E-state index >= 15 is 0 Å². The van der Waals surface area contributed by atoms with Gasteiger partial charge in [0.25, 0.3) is 5.92 Å². The van der Waals surface area contributed by atoms with E-state index in [9.17, 15) is 23.2 Å². The van der Waals surface area contributed by atoms with E-state index in [0.29, 0.717) is 0 Å². The van der Waals surface area contributed by atoms with Crippen LogP contribution in [0.2, 0.25) is 0 Å². The van der Waals surface area contributed by atoms with Crippen LogP contribution >= 0.6 is 0 Å². The summed E-state index contributed by atoms with van der Waals surface area (Å²) in [7, 11) is 0. The summed E-state index contributed by atoms with van der Waals surface area (Å²) in [6.45, 7) is 4.17. The van der Waals surface area contributed by atoms with Crippen LogP contribution in [0.1, 0.15) is 27.7 Å². The van der Waals surface area contributed by atoms with Crippen molar-refractivity contribution in [3.63, 3.8) is 0 Å². The number of ether oxygens (including phenoxy) is 3. The van der Waals surface area contributed by atoms with Crippen LogP contribution in [-0.4, -0.2) is 42.1 Å². The van der Waals surface area contributed by atoms with E-state index in [1.54, 1.807) is 0 Å². The van der Waals surface area contributed by atoms with Gasteiger partial charge in [0.05, 0.1) is 5.92 Å². The maximum Gasteiger partial charge on any atom is 0.303 e. The van der Waals surface area contributed by atoms with Crippen molar-refractivity contribution in [1.29, 1.82) is 0 Å². The predicted octanol–water partition coefficient (Wildman–Crippen LogP) is 1.07. The highest BCUT2D eigenvalue weighted by molar-refractivity contribution is 5.68. The Morgan fingerprint density at radius 1 is 0.850 bits per heavy atom. The Morgan fingerprint density at radius 2 is 1.25 bits per heavy atom. The Hall–Kier alpha value is -1.73. The second kappa shape index (κ2) is 5.72. The minimum atomic E-state index is -3.48. The molecule has 114 valence electrons. The van der Waals surface area contributed by atoms with Gasteiger partial charge in [0, 0.05) is 20.8 Å². The van der Waals surface area contributed by atoms with Gasteiger partial charge in [-0.25, -0.2) is 8.78 Å². The fourth-order valence-electron chi connectivity index (χ4n) is 2.16. The minimum Gasteiger partial charge on any atom is -0.458 e. The van der Waals surface area contributed by atoms with Gasteiger partial charge in [-0.1, -0.05) is 6.92 Å². The largest absolute Gasteiger partial charge is 0.458 e. The van der Waals surface area contributed by atoms with Crippen molar-refractivity contribution in [1.82, 2.24) is 0 Å². The molecule has 0 heterocycles. The Morgan fingerprint density at radius 3 is 1.65 bits per heavy atom. The van der Waals surface area contributed by atoms with Crippen LogP contribution in [0.15, 0.2) is 0 Å². The summed E-state index contributed by atoms with van der Waals surface area (Å²) in [6, 6.07) is 0. The lowest BCUT2D eigenvalue weighted by Gasteiger charge is -2.24. The Balaban J connectivity index is 3.12. The minimum absolute atomic E-state index is 0.793. The lowest BCUT2D eigenvalue weighted by atomic mass is 10.1. The molecule has 1 aliphatic rings. The van der Waals surface area contributed by atoms with E-state index in [1.165, 1.54) is 0 Å². The molecule has 1 saturated carbocycles. The lowest BCUT2D eigenvalue weighted by Crippen LogP contribution is -2.43. The molecule has 0 amide bonds. The molecule has 1 fully saturated rings. The molecule has 0 radical (unpaired) electrons. The van der Waals surface area contributed by atoms with Gasteiger partial charge in [-0.3, -0.25) is 14.4 Å². The van der Waals surface area contributed by atoms with Crippen LogP contribution in [0.4, 0.5) is 8.78 Å². The SMILES string of the molecule is CC(=O)O[C@H]1[C@H](OC(C)=O)[C@@H](OC(C)=O)C(F)(F)[C@@H]1C. The van der Waals surface area contributed by atoms with Gasteiger partial charge in [0.15, 0.2) is 12.2 Å². The number of carbonyl (C=O) groups excluding carboxylic acids is 3. The van der Waals surface area contributed by atoms with Crippen LogP contribution in [0.25, 0.3) is 0 Å². The molecule has 0 aliphatic heterocycles. The summed E-state index contributed by atoms with van der Waals surface area (Å²) in [5, 5.41) is 0. The molecule has 0 aromatic carbocycles. The summed E-state index contributed by atoms with van der Waals surface area (Å²) in [5.74, 6) is -7.51. The zero-order chi connectivity index (χ0) is 15.7. The average molecular weight is 294 g/mol. The van der Waals surface area contributed by atoms with Gasteiger partial charge < -0.3 is 14.2 Å². The fraction of sp³-hybridized carbons (Fsp3) is 0.750. The summed E-state index contributed by atoms with van der Waals surface area (Å²) in [4.78, 5) is 33.0. The molecular weight excluding hydrogens is 278 g/mol. The molecule has 0 unspecified atom stereocenters. The van der Waals surface area contributed by atoms with E-state index < -0.39 is 48.1 Å². The quantitative estimate of drug-likeness (QED) is 0.572. The van der Waals surface area contributed by atoms with E-state index in [1.807, 2.05) is 0 Å². The zero-order valence-corrected chi connectivity index (χ0v) is 11.5. The van der Waals surface area contributed by atoms with Crippen molar-refractivity contribution in [2.75, 3.05) is 0 Å². The fourth-order valence-corrected chi connectivity index (χ4v) is 2.16. The second-order valence-electron chi connectivity index (χ2n) is 4.64. The van der Waals surface area contributed by atoms with E-state index in [4.69, 9.17) is 9.47 Å². The predicted molar refractivity (Wildman–Crippen MR) is 60.8 cm³/mol. The van der Waals surface area contributed by atoms with E-state index in [-0.39, 0.29) is 0 Å². The maximum absolute atomic E-state index is 14.1. The van der Waals surface area contributed by atoms with Crippen LogP contribution in [0.5, 0.6) is 0 Å². The Bertz CT molecular complexity index is 422. The number of hydrogen-bond donors (Lipinski definition) is 0. The first-order valence-corrected chi connectivity index (χ1v) is 5.96. The van der Waals surface area contributed by atoms with Crippen molar-refractivity contribution in [3.8, 4) is 0 Å². The molecule has 6 nitrogen and oxygen atoms in total. The number of esters is 3. The van der Waals surface area contributed by atoms with Crippen LogP contribution < -0.4 is 0 Å². The highest BCUT2D eigenvalue weighted by atomic mass is 19.3. The summed E-state index contributed by atoms with van der Waals surface area (Å²) >= 11 is 0. The number of hydrogen-bond acceptors (Lipinski definition) is 6. The molecule has 8 heteroatoms. The third-order valence-electron chi connectivity index (χ3n) is 3.00. The smallest absolute Gasteiger partial charge is 0.303 e. The normalized spacial score (nSPS) is 31.5. The van der Waals surface area contributed by atoms with Crippen molar-refractivity contribution < 1.29 is 37.4 Å². The van der Waals surface area contributed by atoms with Gasteiger partial charge >= 0.3 is 17.9 Å². The monoisotopic (exact) mass is 294 g/mol. The molecule has 0 spiro atoms. The van der Waals surface area contributed by atoms with Crippen LogP contribution in [0.3, 0.4) is 0 Å². The molecule has 0 N–H and O–H groups in total. The lowest BCUT2D eigenvalue weighted by molar-refractivity contribution is -0.189. The first-order chi connectivity index (χ1) is 9.07. The standard InChI is InChI=1S/C12H16F2O6/c1-5-9(18-6(2)15)10(19-7(3)16)11(12(5,13)14)20-8(4)17/h5,9-11H,1-4H3/t5-,9-,10+,11-/m1/s1. The highest BCUT2D eigenvalue weighted by Crippen LogP contribution is 2.45. The second-order valence-corrected chi connectivity index (χ2v) is 4.64. The first kappa shape index (κ1) is 16.3. The van der Waals surface area contributed by atoms with E-state index in [2.05, 4.69) is 4.74 Å². The molecule has 0 saturated heterocycles. The molecule has 0 aromatic heterocycles. The van der Waals surface area contributed by atoms with Gasteiger partial charge in [-0.2, -0.15) is 0 Å². The summed E-state index contributed by atoms with van der Waals surface area (Å²) in [6.07, 6.45) is -4.90. The highest BCUT2D eigenvalue weighted by Gasteiger charge is 2.66. The Labute approximate surface area is 114 Å². The number of carbonyl (C=O) groups is 3. The van der Waals surface area contributed by atoms with Gasteiger partial charge in [-0.15, -0.1) is 0 Å². The van der Waals surface area contributed by atoms with Crippen LogP contribution in [-0.2, 0) is 28.6 Å². The molecule has 1 aliphatic carbocycles. The third-order valence-corrected chi connectivity index (χ3v) is 3.00. The van der Waals surface area contributed by atoms with Gasteiger partial charge in [0.1, 0.15) is 0 Å². The zero-order valence-electron chi connectivity index (χ0n) is 11.5. The number of rotatable bonds is 3.